The highest BCUT2D eigenvalue weighted by atomic mass is 32.2. The molecule has 1 amide bonds. The number of rotatable bonds is 10. The highest BCUT2D eigenvalue weighted by Gasteiger charge is 2.36. The molecule has 0 saturated heterocycles. The molecular weight excluding hydrogens is 460 g/mol. The van der Waals surface area contributed by atoms with Gasteiger partial charge in [0.25, 0.3) is 5.91 Å². The monoisotopic (exact) mass is 486 g/mol. The predicted molar refractivity (Wildman–Crippen MR) is 142 cm³/mol. The zero-order valence-corrected chi connectivity index (χ0v) is 20.3. The molecule has 0 unspecified atom stereocenters. The molecule has 4 nitrogen and oxygen atoms in total. The summed E-state index contributed by atoms with van der Waals surface area (Å²) in [7, 11) is 0. The number of benzene rings is 3. The Kier molecular flexibility index (Phi) is 8.31. The van der Waals surface area contributed by atoms with Crippen molar-refractivity contribution in [3.63, 3.8) is 0 Å². The molecule has 4 rings (SSSR count). The zero-order chi connectivity index (χ0) is 23.6. The molecule has 0 aliphatic rings. The Hall–Kier alpha value is -3.19. The summed E-state index contributed by atoms with van der Waals surface area (Å²) in [6.45, 7) is 0.463. The van der Waals surface area contributed by atoms with Gasteiger partial charge in [-0.1, -0.05) is 91.0 Å². The van der Waals surface area contributed by atoms with Gasteiger partial charge in [-0.15, -0.1) is 23.1 Å². The van der Waals surface area contributed by atoms with Crippen molar-refractivity contribution in [3.05, 3.63) is 129 Å². The van der Waals surface area contributed by atoms with E-state index in [1.165, 1.54) is 28.0 Å². The van der Waals surface area contributed by atoms with Crippen LogP contribution in [-0.4, -0.2) is 29.1 Å². The van der Waals surface area contributed by atoms with Crippen molar-refractivity contribution >= 4 is 35.1 Å². The highest BCUT2D eigenvalue weighted by molar-refractivity contribution is 8.03. The average molecular weight is 487 g/mol. The summed E-state index contributed by atoms with van der Waals surface area (Å²) < 4.78 is -0.464. The molecule has 0 saturated carbocycles. The van der Waals surface area contributed by atoms with Crippen LogP contribution in [0.15, 0.2) is 102 Å². The Bertz CT molecular complexity index is 1110. The van der Waals surface area contributed by atoms with Crippen molar-refractivity contribution in [1.29, 1.82) is 0 Å². The molecular formula is C28H26N2O2S2. The second-order valence-corrected chi connectivity index (χ2v) is 9.60. The molecule has 1 heterocycles. The molecule has 0 aliphatic carbocycles. The first-order valence-electron chi connectivity index (χ1n) is 11.1. The molecule has 0 atom stereocenters. The summed E-state index contributed by atoms with van der Waals surface area (Å²) >= 11 is 3.14. The van der Waals surface area contributed by atoms with Gasteiger partial charge in [0.05, 0.1) is 15.1 Å². The second kappa shape index (κ2) is 11.8. The molecule has 34 heavy (non-hydrogen) atoms. The molecule has 0 fully saturated rings. The number of nitrogens with one attached hydrogen (secondary N) is 1. The Morgan fingerprint density at radius 1 is 0.912 bits per heavy atom. The molecule has 0 aliphatic heterocycles. The number of aromatic nitrogens is 1. The van der Waals surface area contributed by atoms with Crippen molar-refractivity contribution in [1.82, 2.24) is 10.3 Å². The van der Waals surface area contributed by atoms with Crippen LogP contribution in [0.2, 0.25) is 0 Å². The van der Waals surface area contributed by atoms with Crippen molar-refractivity contribution in [2.45, 2.75) is 11.2 Å². The Balaban J connectivity index is 1.72. The topological polar surface area (TPSA) is 62.2 Å². The van der Waals surface area contributed by atoms with Gasteiger partial charge >= 0.3 is 0 Å². The first kappa shape index (κ1) is 24.0. The molecule has 3 aromatic carbocycles. The van der Waals surface area contributed by atoms with Crippen LogP contribution in [0, 0.1) is 0 Å². The van der Waals surface area contributed by atoms with Crippen LogP contribution in [0.4, 0.5) is 0 Å². The molecule has 6 heteroatoms. The maximum atomic E-state index is 12.5. The Morgan fingerprint density at radius 3 is 1.94 bits per heavy atom. The largest absolute Gasteiger partial charge is 0.396 e. The first-order chi connectivity index (χ1) is 16.8. The fraction of sp³-hybridized carbons (Fsp3) is 0.143. The van der Waals surface area contributed by atoms with Crippen molar-refractivity contribution in [2.24, 2.45) is 0 Å². The van der Waals surface area contributed by atoms with Gasteiger partial charge in [0.15, 0.2) is 0 Å². The lowest BCUT2D eigenvalue weighted by Crippen LogP contribution is -2.26. The fourth-order valence-corrected chi connectivity index (χ4v) is 5.82. The van der Waals surface area contributed by atoms with E-state index in [1.54, 1.807) is 17.3 Å². The standard InChI is InChI=1S/C28H26N2O2S2/c31-19-10-18-29-27(32)26-25(33-21-30-26)17-20-34-28(22-11-4-1-5-12-22,23-13-6-2-7-14-23)24-15-8-3-9-16-24/h1-9,11-17,20-21,31H,10,18-19H2,(H,29,32)/b20-17-. The van der Waals surface area contributed by atoms with Crippen LogP contribution in [0.1, 0.15) is 38.5 Å². The maximum absolute atomic E-state index is 12.5. The summed E-state index contributed by atoms with van der Waals surface area (Å²) in [6.07, 6.45) is 2.48. The van der Waals surface area contributed by atoms with Gasteiger partial charge in [-0.05, 0) is 34.6 Å². The number of thiazole rings is 1. The minimum Gasteiger partial charge on any atom is -0.396 e. The van der Waals surface area contributed by atoms with Crippen molar-refractivity contribution in [2.75, 3.05) is 13.2 Å². The smallest absolute Gasteiger partial charge is 0.271 e. The summed E-state index contributed by atoms with van der Waals surface area (Å²) in [4.78, 5) is 17.6. The van der Waals surface area contributed by atoms with Gasteiger partial charge < -0.3 is 10.4 Å². The van der Waals surface area contributed by atoms with E-state index in [9.17, 15) is 4.79 Å². The molecule has 1 aromatic heterocycles. The number of carbonyl (C=O) groups is 1. The number of carbonyl (C=O) groups excluding carboxylic acids is 1. The average Bonchev–Trinajstić information content (AvgIpc) is 3.37. The summed E-state index contributed by atoms with van der Waals surface area (Å²) in [5, 5.41) is 13.8. The van der Waals surface area contributed by atoms with Gasteiger partial charge in [-0.25, -0.2) is 4.98 Å². The van der Waals surface area contributed by atoms with E-state index >= 15 is 0 Å². The Labute approximate surface area is 208 Å². The number of thioether (sulfide) groups is 1. The number of hydrogen-bond donors (Lipinski definition) is 2. The van der Waals surface area contributed by atoms with E-state index in [0.29, 0.717) is 18.7 Å². The summed E-state index contributed by atoms with van der Waals surface area (Å²) in [6, 6.07) is 31.5. The minimum atomic E-state index is -0.464. The van der Waals surface area contributed by atoms with Crippen LogP contribution >= 0.6 is 23.1 Å². The molecule has 4 aromatic rings. The van der Waals surface area contributed by atoms with Gasteiger partial charge in [0.1, 0.15) is 5.69 Å². The van der Waals surface area contributed by atoms with Crippen LogP contribution < -0.4 is 5.32 Å². The van der Waals surface area contributed by atoms with E-state index in [0.717, 1.165) is 4.88 Å². The Morgan fingerprint density at radius 2 is 1.44 bits per heavy atom. The maximum Gasteiger partial charge on any atom is 0.271 e. The third-order valence-electron chi connectivity index (χ3n) is 5.44. The first-order valence-corrected chi connectivity index (χ1v) is 12.8. The number of aliphatic hydroxyl groups excluding tert-OH is 1. The normalized spacial score (nSPS) is 11.6. The fourth-order valence-electron chi connectivity index (χ4n) is 3.83. The quantitative estimate of drug-likeness (QED) is 0.215. The molecule has 2 N–H and O–H groups in total. The summed E-state index contributed by atoms with van der Waals surface area (Å²) in [5.74, 6) is -0.222. The van der Waals surface area contributed by atoms with Gasteiger partial charge in [0, 0.05) is 13.2 Å². The van der Waals surface area contributed by atoms with Crippen molar-refractivity contribution < 1.29 is 9.90 Å². The highest BCUT2D eigenvalue weighted by Crippen LogP contribution is 2.49. The zero-order valence-electron chi connectivity index (χ0n) is 18.6. The van der Waals surface area contributed by atoms with Gasteiger partial charge in [-0.3, -0.25) is 4.79 Å². The van der Waals surface area contributed by atoms with Crippen molar-refractivity contribution in [3.8, 4) is 0 Å². The van der Waals surface area contributed by atoms with E-state index in [2.05, 4.69) is 88.5 Å². The molecule has 172 valence electrons. The number of aliphatic hydroxyl groups is 1. The third kappa shape index (κ3) is 5.30. The van der Waals surface area contributed by atoms with E-state index in [1.807, 2.05) is 24.3 Å². The van der Waals surface area contributed by atoms with Crippen LogP contribution in [0.5, 0.6) is 0 Å². The number of amides is 1. The lowest BCUT2D eigenvalue weighted by Gasteiger charge is -2.34. The second-order valence-electron chi connectivity index (χ2n) is 7.60. The molecule has 0 bridgehead atoms. The van der Waals surface area contributed by atoms with Gasteiger partial charge in [0.2, 0.25) is 0 Å². The van der Waals surface area contributed by atoms with Gasteiger partial charge in [-0.2, -0.15) is 0 Å². The van der Waals surface area contributed by atoms with Crippen LogP contribution in [-0.2, 0) is 4.75 Å². The lowest BCUT2D eigenvalue weighted by atomic mass is 9.84. The number of nitrogens with zero attached hydrogens (tertiary/aromatic N) is 1. The van der Waals surface area contributed by atoms with Crippen LogP contribution in [0.25, 0.3) is 6.08 Å². The minimum absolute atomic E-state index is 0.0429. The number of hydrogen-bond acceptors (Lipinski definition) is 5. The van der Waals surface area contributed by atoms with E-state index in [-0.39, 0.29) is 12.5 Å². The van der Waals surface area contributed by atoms with E-state index < -0.39 is 4.75 Å². The summed E-state index contributed by atoms with van der Waals surface area (Å²) in [5.41, 5.74) is 5.61. The van der Waals surface area contributed by atoms with Crippen LogP contribution in [0.3, 0.4) is 0 Å². The lowest BCUT2D eigenvalue weighted by molar-refractivity contribution is 0.0946. The third-order valence-corrected chi connectivity index (χ3v) is 7.56. The predicted octanol–water partition coefficient (Wildman–Crippen LogP) is 5.95. The molecule has 0 radical (unpaired) electrons. The van der Waals surface area contributed by atoms with E-state index in [4.69, 9.17) is 5.11 Å². The SMILES string of the molecule is O=C(NCCCO)c1ncsc1/C=C\SC(c1ccccc1)(c1ccccc1)c1ccccc1. The molecule has 0 spiro atoms.